The van der Waals surface area contributed by atoms with Crippen LogP contribution in [0.5, 0.6) is 5.75 Å². The van der Waals surface area contributed by atoms with Gasteiger partial charge in [-0.15, -0.1) is 0 Å². The second-order valence-electron chi connectivity index (χ2n) is 6.55. The Morgan fingerprint density at radius 3 is 2.41 bits per heavy atom. The number of halogens is 2. The standard InChI is InChI=1S/C22H21F2N3O2/c1-14(15-6-4-3-5-7-15)13-25-22(28)21-19(29-2)8-9-20(27-21)26-18-11-16(23)10-17(24)12-18/h3-12,14H,13H2,1-2H3,(H,25,28)(H,26,27). The van der Waals surface area contributed by atoms with Crippen molar-refractivity contribution < 1.29 is 18.3 Å². The number of carbonyl (C=O) groups is 1. The summed E-state index contributed by atoms with van der Waals surface area (Å²) in [6.07, 6.45) is 0. The van der Waals surface area contributed by atoms with Gasteiger partial charge in [-0.1, -0.05) is 37.3 Å². The summed E-state index contributed by atoms with van der Waals surface area (Å²) in [6, 6.07) is 16.0. The van der Waals surface area contributed by atoms with Crippen LogP contribution in [0.15, 0.2) is 60.7 Å². The zero-order valence-corrected chi connectivity index (χ0v) is 16.1. The topological polar surface area (TPSA) is 63.2 Å². The number of aromatic nitrogens is 1. The molecule has 3 rings (SSSR count). The number of nitrogens with zero attached hydrogens (tertiary/aromatic N) is 1. The Balaban J connectivity index is 1.75. The molecule has 1 amide bonds. The molecule has 1 unspecified atom stereocenters. The van der Waals surface area contributed by atoms with Crippen LogP contribution in [-0.2, 0) is 0 Å². The zero-order valence-electron chi connectivity index (χ0n) is 16.1. The van der Waals surface area contributed by atoms with Crippen LogP contribution >= 0.6 is 0 Å². The first-order valence-corrected chi connectivity index (χ1v) is 9.07. The summed E-state index contributed by atoms with van der Waals surface area (Å²) >= 11 is 0. The molecule has 0 fully saturated rings. The molecule has 1 heterocycles. The third kappa shape index (κ3) is 5.28. The van der Waals surface area contributed by atoms with Crippen molar-refractivity contribution in [2.45, 2.75) is 12.8 Å². The molecule has 2 aromatic carbocycles. The molecule has 1 aromatic heterocycles. The minimum atomic E-state index is -0.714. The number of pyridine rings is 1. The highest BCUT2D eigenvalue weighted by molar-refractivity contribution is 5.95. The molecule has 0 saturated heterocycles. The first kappa shape index (κ1) is 20.3. The van der Waals surface area contributed by atoms with Crippen LogP contribution in [0.1, 0.15) is 28.9 Å². The van der Waals surface area contributed by atoms with Crippen molar-refractivity contribution in [3.8, 4) is 5.75 Å². The second-order valence-corrected chi connectivity index (χ2v) is 6.55. The lowest BCUT2D eigenvalue weighted by Crippen LogP contribution is -2.28. The highest BCUT2D eigenvalue weighted by atomic mass is 19.1. The molecule has 0 aliphatic rings. The molecule has 0 saturated carbocycles. The van der Waals surface area contributed by atoms with Gasteiger partial charge >= 0.3 is 0 Å². The van der Waals surface area contributed by atoms with E-state index in [1.807, 2.05) is 37.3 Å². The predicted octanol–water partition coefficient (Wildman–Crippen LogP) is 4.65. The van der Waals surface area contributed by atoms with Crippen molar-refractivity contribution in [2.24, 2.45) is 0 Å². The quantitative estimate of drug-likeness (QED) is 0.609. The Labute approximate surface area is 167 Å². The third-order valence-electron chi connectivity index (χ3n) is 4.37. The van der Waals surface area contributed by atoms with E-state index < -0.39 is 17.5 Å². The minimum absolute atomic E-state index is 0.0784. The Bertz CT molecular complexity index is 976. The Morgan fingerprint density at radius 1 is 1.07 bits per heavy atom. The van der Waals surface area contributed by atoms with Crippen LogP contribution in [0.25, 0.3) is 0 Å². The monoisotopic (exact) mass is 397 g/mol. The molecule has 0 radical (unpaired) electrons. The minimum Gasteiger partial charge on any atom is -0.494 e. The highest BCUT2D eigenvalue weighted by Gasteiger charge is 2.17. The maximum Gasteiger partial charge on any atom is 0.273 e. The van der Waals surface area contributed by atoms with Crippen molar-refractivity contribution >= 4 is 17.4 Å². The first-order valence-electron chi connectivity index (χ1n) is 9.07. The van der Waals surface area contributed by atoms with E-state index in [1.165, 1.54) is 7.11 Å². The third-order valence-corrected chi connectivity index (χ3v) is 4.37. The molecule has 2 N–H and O–H groups in total. The van der Waals surface area contributed by atoms with Crippen LogP contribution in [0, 0.1) is 11.6 Å². The molecule has 0 spiro atoms. The number of amides is 1. The average molecular weight is 397 g/mol. The summed E-state index contributed by atoms with van der Waals surface area (Å²) < 4.78 is 32.0. The van der Waals surface area contributed by atoms with Gasteiger partial charge in [0.05, 0.1) is 7.11 Å². The van der Waals surface area contributed by atoms with E-state index in [2.05, 4.69) is 15.6 Å². The van der Waals surface area contributed by atoms with Gasteiger partial charge in [0.1, 0.15) is 23.2 Å². The molecule has 29 heavy (non-hydrogen) atoms. The molecule has 1 atom stereocenters. The number of ether oxygens (including phenoxy) is 1. The molecule has 0 aliphatic heterocycles. The summed E-state index contributed by atoms with van der Waals surface area (Å²) in [7, 11) is 1.44. The summed E-state index contributed by atoms with van der Waals surface area (Å²) in [6.45, 7) is 2.43. The number of rotatable bonds is 7. The van der Waals surface area contributed by atoms with E-state index in [0.29, 0.717) is 12.3 Å². The number of benzene rings is 2. The molecule has 0 bridgehead atoms. The zero-order chi connectivity index (χ0) is 20.8. The van der Waals surface area contributed by atoms with Crippen molar-refractivity contribution in [1.82, 2.24) is 10.3 Å². The molecular formula is C22H21F2N3O2. The van der Waals surface area contributed by atoms with Gasteiger partial charge < -0.3 is 15.4 Å². The normalized spacial score (nSPS) is 11.6. The maximum atomic E-state index is 13.4. The number of hydrogen-bond acceptors (Lipinski definition) is 4. The highest BCUT2D eigenvalue weighted by Crippen LogP contribution is 2.23. The van der Waals surface area contributed by atoms with Crippen LogP contribution < -0.4 is 15.4 Å². The smallest absolute Gasteiger partial charge is 0.273 e. The summed E-state index contributed by atoms with van der Waals surface area (Å²) in [5.41, 5.74) is 1.37. The fourth-order valence-electron chi connectivity index (χ4n) is 2.85. The van der Waals surface area contributed by atoms with Crippen LogP contribution in [0.2, 0.25) is 0 Å². The summed E-state index contributed by atoms with van der Waals surface area (Å²) in [4.78, 5) is 16.9. The summed E-state index contributed by atoms with van der Waals surface area (Å²) in [5.74, 6) is -1.16. The second kappa shape index (κ2) is 9.14. The van der Waals surface area contributed by atoms with E-state index in [9.17, 15) is 13.6 Å². The van der Waals surface area contributed by atoms with E-state index >= 15 is 0 Å². The lowest BCUT2D eigenvalue weighted by molar-refractivity contribution is 0.0943. The van der Waals surface area contributed by atoms with Crippen molar-refractivity contribution in [3.63, 3.8) is 0 Å². The van der Waals surface area contributed by atoms with Crippen LogP contribution in [0.4, 0.5) is 20.3 Å². The number of carbonyl (C=O) groups excluding carboxylic acids is 1. The lowest BCUT2D eigenvalue weighted by Gasteiger charge is -2.15. The SMILES string of the molecule is COc1ccc(Nc2cc(F)cc(F)c2)nc1C(=O)NCC(C)c1ccccc1. The van der Waals surface area contributed by atoms with Gasteiger partial charge in [0.15, 0.2) is 5.69 Å². The molecule has 7 heteroatoms. The number of nitrogens with one attached hydrogen (secondary N) is 2. The molecule has 150 valence electrons. The average Bonchev–Trinajstić information content (AvgIpc) is 2.71. The van der Waals surface area contributed by atoms with Gasteiger partial charge in [-0.3, -0.25) is 4.79 Å². The summed E-state index contributed by atoms with van der Waals surface area (Å²) in [5, 5.41) is 5.65. The van der Waals surface area contributed by atoms with Crippen LogP contribution in [0.3, 0.4) is 0 Å². The van der Waals surface area contributed by atoms with E-state index in [0.717, 1.165) is 23.8 Å². The lowest BCUT2D eigenvalue weighted by atomic mass is 10.0. The number of hydrogen-bond donors (Lipinski definition) is 2. The Hall–Kier alpha value is -3.48. The Morgan fingerprint density at radius 2 is 1.76 bits per heavy atom. The molecule has 3 aromatic rings. The fraction of sp³-hybridized carbons (Fsp3) is 0.182. The van der Waals surface area contributed by atoms with Gasteiger partial charge in [-0.25, -0.2) is 13.8 Å². The molecular weight excluding hydrogens is 376 g/mol. The largest absolute Gasteiger partial charge is 0.494 e. The molecule has 5 nitrogen and oxygen atoms in total. The van der Waals surface area contributed by atoms with Gasteiger partial charge in [0.2, 0.25) is 0 Å². The van der Waals surface area contributed by atoms with E-state index in [1.54, 1.807) is 12.1 Å². The predicted molar refractivity (Wildman–Crippen MR) is 108 cm³/mol. The number of anilines is 2. The van der Waals surface area contributed by atoms with Gasteiger partial charge in [0, 0.05) is 18.3 Å². The van der Waals surface area contributed by atoms with Crippen LogP contribution in [-0.4, -0.2) is 24.5 Å². The van der Waals surface area contributed by atoms with Gasteiger partial charge in [0.25, 0.3) is 5.91 Å². The van der Waals surface area contributed by atoms with Crippen molar-refractivity contribution in [1.29, 1.82) is 0 Å². The van der Waals surface area contributed by atoms with Crippen molar-refractivity contribution in [3.05, 3.63) is 83.6 Å². The molecule has 0 aliphatic carbocycles. The first-order chi connectivity index (χ1) is 14.0. The fourth-order valence-corrected chi connectivity index (χ4v) is 2.85. The van der Waals surface area contributed by atoms with Gasteiger partial charge in [-0.05, 0) is 35.7 Å². The van der Waals surface area contributed by atoms with E-state index in [4.69, 9.17) is 4.74 Å². The van der Waals surface area contributed by atoms with Crippen molar-refractivity contribution in [2.75, 3.05) is 19.0 Å². The number of methoxy groups -OCH3 is 1. The van der Waals surface area contributed by atoms with Gasteiger partial charge in [-0.2, -0.15) is 0 Å². The Kier molecular flexibility index (Phi) is 6.39. The maximum absolute atomic E-state index is 13.4. The van der Waals surface area contributed by atoms with E-state index in [-0.39, 0.29) is 23.1 Å².